The summed E-state index contributed by atoms with van der Waals surface area (Å²) in [5.41, 5.74) is 0. The van der Waals surface area contributed by atoms with Crippen molar-refractivity contribution in [2.45, 2.75) is 19.3 Å². The first-order chi connectivity index (χ1) is 7.62. The van der Waals surface area contributed by atoms with E-state index in [0.717, 1.165) is 19.3 Å². The molecular weight excluding hydrogens is 228 g/mol. The van der Waals surface area contributed by atoms with Gasteiger partial charge in [-0.05, 0) is 12.8 Å². The molecular formula is C10H20N2O3S. The first-order valence-corrected chi connectivity index (χ1v) is 6.99. The summed E-state index contributed by atoms with van der Waals surface area (Å²) in [6.07, 6.45) is 4.46. The highest BCUT2D eigenvalue weighted by molar-refractivity contribution is 7.86. The molecule has 0 spiro atoms. The molecule has 0 aromatic carbocycles. The molecule has 1 aliphatic heterocycles. The summed E-state index contributed by atoms with van der Waals surface area (Å²) in [6, 6.07) is 0. The van der Waals surface area contributed by atoms with Crippen molar-refractivity contribution >= 4 is 10.2 Å². The van der Waals surface area contributed by atoms with Gasteiger partial charge in [0.1, 0.15) is 0 Å². The van der Waals surface area contributed by atoms with Gasteiger partial charge in [0.2, 0.25) is 0 Å². The van der Waals surface area contributed by atoms with E-state index in [4.69, 9.17) is 5.11 Å². The number of rotatable bonds is 6. The van der Waals surface area contributed by atoms with Gasteiger partial charge in [0.15, 0.2) is 0 Å². The second-order valence-electron chi connectivity index (χ2n) is 3.84. The molecule has 94 valence electrons. The number of nitrogens with zero attached hydrogens (tertiary/aromatic N) is 2. The third-order valence-electron chi connectivity index (χ3n) is 2.65. The van der Waals surface area contributed by atoms with Gasteiger partial charge in [0.25, 0.3) is 10.2 Å². The number of aliphatic hydroxyl groups is 1. The van der Waals surface area contributed by atoms with E-state index in [2.05, 4.69) is 6.58 Å². The Labute approximate surface area is 97.5 Å². The Balaban J connectivity index is 2.74. The average molecular weight is 248 g/mol. The first kappa shape index (κ1) is 13.6. The van der Waals surface area contributed by atoms with E-state index in [1.807, 2.05) is 0 Å². The molecule has 0 amide bonds. The summed E-state index contributed by atoms with van der Waals surface area (Å²) in [7, 11) is -3.41. The molecule has 1 saturated heterocycles. The summed E-state index contributed by atoms with van der Waals surface area (Å²) in [5.74, 6) is 0. The Kier molecular flexibility index (Phi) is 5.40. The van der Waals surface area contributed by atoms with Crippen LogP contribution in [-0.4, -0.2) is 54.9 Å². The summed E-state index contributed by atoms with van der Waals surface area (Å²) in [4.78, 5) is 0. The van der Waals surface area contributed by atoms with E-state index in [0.29, 0.717) is 13.1 Å². The molecule has 0 bridgehead atoms. The molecule has 1 N–H and O–H groups in total. The van der Waals surface area contributed by atoms with E-state index < -0.39 is 10.2 Å². The van der Waals surface area contributed by atoms with Gasteiger partial charge in [-0.3, -0.25) is 0 Å². The summed E-state index contributed by atoms with van der Waals surface area (Å²) in [6.45, 7) is 4.92. The van der Waals surface area contributed by atoms with Crippen LogP contribution in [0.2, 0.25) is 0 Å². The number of hydrogen-bond acceptors (Lipinski definition) is 3. The molecule has 0 aromatic heterocycles. The Hall–Kier alpha value is -0.430. The fourth-order valence-electron chi connectivity index (χ4n) is 1.82. The van der Waals surface area contributed by atoms with Crippen molar-refractivity contribution in [3.8, 4) is 0 Å². The van der Waals surface area contributed by atoms with Crippen LogP contribution in [-0.2, 0) is 10.2 Å². The van der Waals surface area contributed by atoms with Gasteiger partial charge in [-0.1, -0.05) is 12.5 Å². The lowest BCUT2D eigenvalue weighted by Crippen LogP contribution is -2.46. The predicted octanol–water partition coefficient (Wildman–Crippen LogP) is 0.197. The molecule has 0 aromatic rings. The van der Waals surface area contributed by atoms with Crippen LogP contribution in [0.25, 0.3) is 0 Å². The Morgan fingerprint density at radius 2 is 1.94 bits per heavy atom. The van der Waals surface area contributed by atoms with Crippen molar-refractivity contribution in [3.05, 3.63) is 12.7 Å². The van der Waals surface area contributed by atoms with Gasteiger partial charge in [0, 0.05) is 26.2 Å². The highest BCUT2D eigenvalue weighted by atomic mass is 32.2. The Morgan fingerprint density at radius 3 is 2.44 bits per heavy atom. The minimum absolute atomic E-state index is 0.130. The SMILES string of the molecule is C=CCN(CCO)S(=O)(=O)N1CCCCC1. The number of hydrogen-bond donors (Lipinski definition) is 1. The van der Waals surface area contributed by atoms with Crippen LogP contribution in [0.1, 0.15) is 19.3 Å². The minimum Gasteiger partial charge on any atom is -0.395 e. The lowest BCUT2D eigenvalue weighted by molar-refractivity contribution is 0.246. The van der Waals surface area contributed by atoms with Crippen LogP contribution in [0.5, 0.6) is 0 Å². The molecule has 0 unspecified atom stereocenters. The van der Waals surface area contributed by atoms with Crippen LogP contribution >= 0.6 is 0 Å². The molecule has 5 nitrogen and oxygen atoms in total. The van der Waals surface area contributed by atoms with Crippen LogP contribution in [0.15, 0.2) is 12.7 Å². The quantitative estimate of drug-likeness (QED) is 0.683. The fourth-order valence-corrected chi connectivity index (χ4v) is 3.47. The predicted molar refractivity (Wildman–Crippen MR) is 63.2 cm³/mol. The van der Waals surface area contributed by atoms with Crippen molar-refractivity contribution in [3.63, 3.8) is 0 Å². The summed E-state index contributed by atoms with van der Waals surface area (Å²) < 4.78 is 27.1. The van der Waals surface area contributed by atoms with Crippen LogP contribution < -0.4 is 0 Å². The molecule has 1 heterocycles. The molecule has 0 radical (unpaired) electrons. The normalized spacial score (nSPS) is 18.9. The van der Waals surface area contributed by atoms with Crippen LogP contribution in [0.3, 0.4) is 0 Å². The topological polar surface area (TPSA) is 60.9 Å². The smallest absolute Gasteiger partial charge is 0.282 e. The monoisotopic (exact) mass is 248 g/mol. The Bertz CT molecular complexity index is 310. The maximum Gasteiger partial charge on any atom is 0.282 e. The maximum atomic E-state index is 12.2. The third kappa shape index (κ3) is 3.28. The van der Waals surface area contributed by atoms with Gasteiger partial charge in [0.05, 0.1) is 6.61 Å². The van der Waals surface area contributed by atoms with Gasteiger partial charge >= 0.3 is 0 Å². The lowest BCUT2D eigenvalue weighted by atomic mass is 10.2. The molecule has 1 fully saturated rings. The number of aliphatic hydroxyl groups excluding tert-OH is 1. The molecule has 0 saturated carbocycles. The molecule has 16 heavy (non-hydrogen) atoms. The highest BCUT2D eigenvalue weighted by Gasteiger charge is 2.29. The fraction of sp³-hybridized carbons (Fsp3) is 0.800. The van der Waals surface area contributed by atoms with Crippen molar-refractivity contribution < 1.29 is 13.5 Å². The molecule has 0 aliphatic carbocycles. The molecule has 0 atom stereocenters. The highest BCUT2D eigenvalue weighted by Crippen LogP contribution is 2.16. The molecule has 6 heteroatoms. The van der Waals surface area contributed by atoms with Crippen LogP contribution in [0.4, 0.5) is 0 Å². The maximum absolute atomic E-state index is 12.2. The standard InChI is InChI=1S/C10H20N2O3S/c1-2-6-11(9-10-13)16(14,15)12-7-4-3-5-8-12/h2,13H,1,3-10H2. The van der Waals surface area contributed by atoms with E-state index in [-0.39, 0.29) is 19.7 Å². The zero-order valence-electron chi connectivity index (χ0n) is 9.51. The van der Waals surface area contributed by atoms with Crippen molar-refractivity contribution in [2.24, 2.45) is 0 Å². The molecule has 1 aliphatic rings. The molecule has 1 rings (SSSR count). The lowest BCUT2D eigenvalue weighted by Gasteiger charge is -2.31. The average Bonchev–Trinajstić information content (AvgIpc) is 2.30. The van der Waals surface area contributed by atoms with Gasteiger partial charge in [-0.25, -0.2) is 0 Å². The third-order valence-corrected chi connectivity index (χ3v) is 4.65. The van der Waals surface area contributed by atoms with Crippen molar-refractivity contribution in [1.29, 1.82) is 0 Å². The van der Waals surface area contributed by atoms with E-state index in [9.17, 15) is 8.42 Å². The van der Waals surface area contributed by atoms with E-state index in [1.54, 1.807) is 0 Å². The van der Waals surface area contributed by atoms with E-state index in [1.165, 1.54) is 14.7 Å². The van der Waals surface area contributed by atoms with E-state index >= 15 is 0 Å². The summed E-state index contributed by atoms with van der Waals surface area (Å²) in [5, 5.41) is 8.87. The van der Waals surface area contributed by atoms with Gasteiger partial charge in [-0.2, -0.15) is 17.0 Å². The van der Waals surface area contributed by atoms with Crippen molar-refractivity contribution in [1.82, 2.24) is 8.61 Å². The van der Waals surface area contributed by atoms with Gasteiger partial charge < -0.3 is 5.11 Å². The second kappa shape index (κ2) is 6.34. The zero-order valence-corrected chi connectivity index (χ0v) is 10.3. The Morgan fingerprint density at radius 1 is 1.31 bits per heavy atom. The van der Waals surface area contributed by atoms with Crippen molar-refractivity contribution in [2.75, 3.05) is 32.8 Å². The van der Waals surface area contributed by atoms with Gasteiger partial charge in [-0.15, -0.1) is 6.58 Å². The second-order valence-corrected chi connectivity index (χ2v) is 5.77. The minimum atomic E-state index is -3.41. The van der Waals surface area contributed by atoms with Crippen LogP contribution in [0, 0.1) is 0 Å². The largest absolute Gasteiger partial charge is 0.395 e. The zero-order chi connectivity index (χ0) is 12.0. The first-order valence-electron chi connectivity index (χ1n) is 5.60. The summed E-state index contributed by atoms with van der Waals surface area (Å²) >= 11 is 0. The number of piperidine rings is 1.